The fourth-order valence-corrected chi connectivity index (χ4v) is 3.00. The molecule has 0 fully saturated rings. The summed E-state index contributed by atoms with van der Waals surface area (Å²) in [6.07, 6.45) is 3.96. The normalized spacial score (nSPS) is 10.7. The van der Waals surface area contributed by atoms with Gasteiger partial charge in [-0.1, -0.05) is 12.1 Å². The predicted molar refractivity (Wildman–Crippen MR) is 112 cm³/mol. The number of amides is 1. The number of imidazole rings is 1. The lowest BCUT2D eigenvalue weighted by Crippen LogP contribution is -2.20. The number of benzene rings is 2. The Hall–Kier alpha value is -3.80. The number of aromatic nitrogens is 2. The van der Waals surface area contributed by atoms with Crippen LogP contribution in [0.3, 0.4) is 0 Å². The van der Waals surface area contributed by atoms with Gasteiger partial charge in [-0.15, -0.1) is 0 Å². The van der Waals surface area contributed by atoms with E-state index in [0.717, 1.165) is 28.2 Å². The number of pyridine rings is 1. The van der Waals surface area contributed by atoms with Crippen LogP contribution in [-0.2, 0) is 4.79 Å². The zero-order chi connectivity index (χ0) is 20.2. The highest BCUT2D eigenvalue weighted by Gasteiger charge is 2.08. The lowest BCUT2D eigenvalue weighted by atomic mass is 10.1. The molecule has 4 rings (SSSR count). The number of carbonyl (C=O) groups is 1. The lowest BCUT2D eigenvalue weighted by Gasteiger charge is -2.09. The minimum Gasteiger partial charge on any atom is -0.497 e. The summed E-state index contributed by atoms with van der Waals surface area (Å²) in [5.41, 5.74) is 4.52. The van der Waals surface area contributed by atoms with Crippen molar-refractivity contribution in [2.45, 2.75) is 6.92 Å². The molecule has 0 radical (unpaired) electrons. The van der Waals surface area contributed by atoms with Crippen molar-refractivity contribution < 1.29 is 14.3 Å². The summed E-state index contributed by atoms with van der Waals surface area (Å²) in [6.45, 7) is 1.96. The fraction of sp³-hybridized carbons (Fsp3) is 0.130. The number of hydrogen-bond acceptors (Lipinski definition) is 4. The summed E-state index contributed by atoms with van der Waals surface area (Å²) in [4.78, 5) is 16.9. The number of methoxy groups -OCH3 is 1. The molecule has 1 N–H and O–H groups in total. The number of anilines is 1. The van der Waals surface area contributed by atoms with E-state index in [1.807, 2.05) is 60.1 Å². The van der Waals surface area contributed by atoms with E-state index < -0.39 is 0 Å². The molecule has 0 aliphatic rings. The maximum absolute atomic E-state index is 12.3. The van der Waals surface area contributed by atoms with Crippen molar-refractivity contribution in [3.8, 4) is 22.8 Å². The Balaban J connectivity index is 1.43. The highest BCUT2D eigenvalue weighted by molar-refractivity contribution is 5.92. The zero-order valence-electron chi connectivity index (χ0n) is 16.3. The first-order valence-corrected chi connectivity index (χ1v) is 9.23. The van der Waals surface area contributed by atoms with Gasteiger partial charge in [0.2, 0.25) is 0 Å². The van der Waals surface area contributed by atoms with Gasteiger partial charge in [0.1, 0.15) is 17.1 Å². The van der Waals surface area contributed by atoms with Gasteiger partial charge in [0.05, 0.1) is 12.8 Å². The SMILES string of the molecule is COc1ccc(OCC(=O)Nc2cccc(-c3cn4ccc(C)cc4n3)c2)cc1. The second-order valence-electron chi connectivity index (χ2n) is 6.69. The van der Waals surface area contributed by atoms with E-state index in [9.17, 15) is 4.79 Å². The van der Waals surface area contributed by atoms with Gasteiger partial charge in [-0.3, -0.25) is 4.79 Å². The van der Waals surface area contributed by atoms with Crippen LogP contribution < -0.4 is 14.8 Å². The molecule has 0 unspecified atom stereocenters. The third kappa shape index (κ3) is 4.38. The minimum atomic E-state index is -0.233. The Bertz CT molecular complexity index is 1150. The van der Waals surface area contributed by atoms with Crippen molar-refractivity contribution in [3.05, 3.63) is 78.6 Å². The molecule has 29 heavy (non-hydrogen) atoms. The molecule has 146 valence electrons. The minimum absolute atomic E-state index is 0.0792. The number of aryl methyl sites for hydroxylation is 1. The second-order valence-corrected chi connectivity index (χ2v) is 6.69. The van der Waals surface area contributed by atoms with Crippen molar-refractivity contribution >= 4 is 17.2 Å². The zero-order valence-corrected chi connectivity index (χ0v) is 16.3. The Morgan fingerprint density at radius 1 is 1.07 bits per heavy atom. The van der Waals surface area contributed by atoms with Gasteiger partial charge in [-0.25, -0.2) is 4.98 Å². The maximum atomic E-state index is 12.3. The largest absolute Gasteiger partial charge is 0.497 e. The summed E-state index contributed by atoms with van der Waals surface area (Å²) in [5, 5.41) is 2.86. The van der Waals surface area contributed by atoms with Crippen LogP contribution in [0.5, 0.6) is 11.5 Å². The molecule has 0 aliphatic heterocycles. The average Bonchev–Trinajstić information content (AvgIpc) is 3.16. The Kier molecular flexibility index (Phi) is 5.16. The molecule has 0 atom stereocenters. The van der Waals surface area contributed by atoms with E-state index in [0.29, 0.717) is 11.4 Å². The van der Waals surface area contributed by atoms with Crippen LogP contribution in [0.15, 0.2) is 73.1 Å². The van der Waals surface area contributed by atoms with Gasteiger partial charge in [-0.05, 0) is 61.0 Å². The molecule has 0 bridgehead atoms. The van der Waals surface area contributed by atoms with Crippen molar-refractivity contribution in [2.75, 3.05) is 19.0 Å². The van der Waals surface area contributed by atoms with Crippen LogP contribution >= 0.6 is 0 Å². The standard InChI is InChI=1S/C23H21N3O3/c1-16-10-11-26-14-21(25-22(26)12-16)17-4-3-5-18(13-17)24-23(27)15-29-20-8-6-19(28-2)7-9-20/h3-14H,15H2,1-2H3,(H,24,27). The number of fused-ring (bicyclic) bond motifs is 1. The van der Waals surface area contributed by atoms with E-state index in [1.54, 1.807) is 31.4 Å². The van der Waals surface area contributed by atoms with Crippen molar-refractivity contribution in [1.82, 2.24) is 9.38 Å². The van der Waals surface area contributed by atoms with Gasteiger partial charge in [0.25, 0.3) is 5.91 Å². The highest BCUT2D eigenvalue weighted by atomic mass is 16.5. The molecular formula is C23H21N3O3. The summed E-state index contributed by atoms with van der Waals surface area (Å²) < 4.78 is 12.6. The molecule has 1 amide bonds. The van der Waals surface area contributed by atoms with Crippen LogP contribution in [0.25, 0.3) is 16.9 Å². The molecular weight excluding hydrogens is 366 g/mol. The van der Waals surface area contributed by atoms with Crippen LogP contribution in [0.4, 0.5) is 5.69 Å². The maximum Gasteiger partial charge on any atom is 0.262 e. The van der Waals surface area contributed by atoms with E-state index in [4.69, 9.17) is 9.47 Å². The number of ether oxygens (including phenoxy) is 2. The molecule has 0 saturated heterocycles. The Morgan fingerprint density at radius 2 is 1.86 bits per heavy atom. The van der Waals surface area contributed by atoms with Crippen LogP contribution in [-0.4, -0.2) is 29.0 Å². The van der Waals surface area contributed by atoms with Crippen molar-refractivity contribution in [2.24, 2.45) is 0 Å². The number of rotatable bonds is 6. The van der Waals surface area contributed by atoms with Crippen molar-refractivity contribution in [3.63, 3.8) is 0 Å². The van der Waals surface area contributed by atoms with Gasteiger partial charge in [0.15, 0.2) is 6.61 Å². The smallest absolute Gasteiger partial charge is 0.262 e. The topological polar surface area (TPSA) is 64.9 Å². The van der Waals surface area contributed by atoms with Gasteiger partial charge < -0.3 is 19.2 Å². The summed E-state index contributed by atoms with van der Waals surface area (Å²) in [5.74, 6) is 1.11. The second kappa shape index (κ2) is 8.06. The average molecular weight is 387 g/mol. The van der Waals surface area contributed by atoms with Crippen LogP contribution in [0, 0.1) is 6.92 Å². The summed E-state index contributed by atoms with van der Waals surface area (Å²) >= 11 is 0. The quantitative estimate of drug-likeness (QED) is 0.535. The molecule has 2 aromatic carbocycles. The van der Waals surface area contributed by atoms with E-state index >= 15 is 0 Å². The number of hydrogen-bond donors (Lipinski definition) is 1. The molecule has 0 aliphatic carbocycles. The number of nitrogens with one attached hydrogen (secondary N) is 1. The van der Waals surface area contributed by atoms with E-state index in [1.165, 1.54) is 0 Å². The third-order valence-corrected chi connectivity index (χ3v) is 4.49. The van der Waals surface area contributed by atoms with Gasteiger partial charge in [-0.2, -0.15) is 0 Å². The molecule has 2 heterocycles. The van der Waals surface area contributed by atoms with Crippen LogP contribution in [0.2, 0.25) is 0 Å². The lowest BCUT2D eigenvalue weighted by molar-refractivity contribution is -0.118. The summed E-state index contributed by atoms with van der Waals surface area (Å²) in [7, 11) is 1.60. The molecule has 6 heteroatoms. The summed E-state index contributed by atoms with van der Waals surface area (Å²) in [6, 6.07) is 18.8. The first-order chi connectivity index (χ1) is 14.1. The van der Waals surface area contributed by atoms with E-state index in [-0.39, 0.29) is 12.5 Å². The number of nitrogens with zero attached hydrogens (tertiary/aromatic N) is 2. The molecule has 4 aromatic rings. The molecule has 2 aromatic heterocycles. The molecule has 0 saturated carbocycles. The van der Waals surface area contributed by atoms with Crippen LogP contribution in [0.1, 0.15) is 5.56 Å². The Morgan fingerprint density at radius 3 is 2.66 bits per heavy atom. The number of carbonyl (C=O) groups excluding carboxylic acids is 1. The molecule has 6 nitrogen and oxygen atoms in total. The monoisotopic (exact) mass is 387 g/mol. The first kappa shape index (κ1) is 18.6. The van der Waals surface area contributed by atoms with Crippen molar-refractivity contribution in [1.29, 1.82) is 0 Å². The Labute approximate surface area is 168 Å². The molecule has 0 spiro atoms. The predicted octanol–water partition coefficient (Wildman–Crippen LogP) is 4.34. The van der Waals surface area contributed by atoms with Gasteiger partial charge >= 0.3 is 0 Å². The fourth-order valence-electron chi connectivity index (χ4n) is 3.00. The first-order valence-electron chi connectivity index (χ1n) is 9.23. The highest BCUT2D eigenvalue weighted by Crippen LogP contribution is 2.23. The van der Waals surface area contributed by atoms with E-state index in [2.05, 4.69) is 10.3 Å². The third-order valence-electron chi connectivity index (χ3n) is 4.49. The van der Waals surface area contributed by atoms with Gasteiger partial charge in [0, 0.05) is 23.6 Å².